The van der Waals surface area contributed by atoms with Gasteiger partial charge in [0.05, 0.1) is 12.0 Å². The van der Waals surface area contributed by atoms with Crippen molar-refractivity contribution in [2.45, 2.75) is 34.2 Å². The first-order chi connectivity index (χ1) is 7.58. The summed E-state index contributed by atoms with van der Waals surface area (Å²) in [4.78, 5) is 4.32. The third-order valence-corrected chi connectivity index (χ3v) is 3.27. The fraction of sp³-hybridized carbons (Fsp3) is 0.357. The molecule has 1 aromatic heterocycles. The first-order valence-electron chi connectivity index (χ1n) is 5.62. The van der Waals surface area contributed by atoms with Gasteiger partial charge in [-0.25, -0.2) is 4.98 Å². The van der Waals surface area contributed by atoms with Gasteiger partial charge in [-0.1, -0.05) is 18.2 Å². The van der Waals surface area contributed by atoms with Crippen LogP contribution in [0.25, 0.3) is 0 Å². The van der Waals surface area contributed by atoms with Crippen molar-refractivity contribution in [1.82, 2.24) is 9.55 Å². The van der Waals surface area contributed by atoms with Gasteiger partial charge in [0.1, 0.15) is 0 Å². The quantitative estimate of drug-likeness (QED) is 0.751. The maximum atomic E-state index is 4.32. The van der Waals surface area contributed by atoms with E-state index in [1.165, 1.54) is 22.4 Å². The molecule has 16 heavy (non-hydrogen) atoms. The molecule has 2 aromatic rings. The van der Waals surface area contributed by atoms with Crippen LogP contribution in [0.1, 0.15) is 28.1 Å². The van der Waals surface area contributed by atoms with Gasteiger partial charge in [0.25, 0.3) is 0 Å². The zero-order valence-corrected chi connectivity index (χ0v) is 10.4. The lowest BCUT2D eigenvalue weighted by Crippen LogP contribution is -2.01. The Labute approximate surface area is 97.0 Å². The van der Waals surface area contributed by atoms with Crippen molar-refractivity contribution in [1.29, 1.82) is 0 Å². The lowest BCUT2D eigenvalue weighted by molar-refractivity contribution is 0.767. The van der Waals surface area contributed by atoms with Crippen molar-refractivity contribution in [3.63, 3.8) is 0 Å². The molecule has 84 valence electrons. The van der Waals surface area contributed by atoms with E-state index in [1.54, 1.807) is 0 Å². The van der Waals surface area contributed by atoms with Crippen LogP contribution in [0, 0.1) is 27.7 Å². The Hall–Kier alpha value is -1.57. The second-order valence-corrected chi connectivity index (χ2v) is 4.46. The molecule has 0 aliphatic heterocycles. The lowest BCUT2D eigenvalue weighted by Gasteiger charge is -2.08. The van der Waals surface area contributed by atoms with Crippen molar-refractivity contribution in [2.75, 3.05) is 0 Å². The van der Waals surface area contributed by atoms with Crippen LogP contribution in [-0.2, 0) is 6.54 Å². The van der Waals surface area contributed by atoms with E-state index in [0.29, 0.717) is 0 Å². The van der Waals surface area contributed by atoms with Gasteiger partial charge < -0.3 is 4.57 Å². The molecule has 0 amide bonds. The molecule has 1 heterocycles. The Morgan fingerprint density at radius 1 is 1.06 bits per heavy atom. The Morgan fingerprint density at radius 3 is 2.38 bits per heavy atom. The first kappa shape index (κ1) is 10.9. The lowest BCUT2D eigenvalue weighted by atomic mass is 10.1. The monoisotopic (exact) mass is 214 g/mol. The minimum atomic E-state index is 0.911. The number of hydrogen-bond acceptors (Lipinski definition) is 1. The Balaban J connectivity index is 2.27. The predicted molar refractivity (Wildman–Crippen MR) is 66.7 cm³/mol. The molecule has 0 fully saturated rings. The number of aryl methyl sites for hydroxylation is 3. The predicted octanol–water partition coefficient (Wildman–Crippen LogP) is 3.17. The summed E-state index contributed by atoms with van der Waals surface area (Å²) >= 11 is 0. The molecule has 0 aliphatic rings. The third-order valence-electron chi connectivity index (χ3n) is 3.27. The molecule has 2 rings (SSSR count). The van der Waals surface area contributed by atoms with Crippen LogP contribution >= 0.6 is 0 Å². The molecule has 0 saturated heterocycles. The van der Waals surface area contributed by atoms with Gasteiger partial charge in [-0.05, 0) is 44.4 Å². The van der Waals surface area contributed by atoms with Crippen LogP contribution in [-0.4, -0.2) is 9.55 Å². The van der Waals surface area contributed by atoms with Crippen LogP contribution in [0.15, 0.2) is 24.5 Å². The molecule has 0 saturated carbocycles. The Kier molecular flexibility index (Phi) is 2.82. The van der Waals surface area contributed by atoms with Gasteiger partial charge in [0, 0.05) is 12.2 Å². The molecular weight excluding hydrogens is 196 g/mol. The molecule has 1 aromatic carbocycles. The minimum Gasteiger partial charge on any atom is -0.330 e. The SMILES string of the molecule is Cc1ccc(Cn2cnc(C)c2C)cc1C. The van der Waals surface area contributed by atoms with Crippen molar-refractivity contribution >= 4 is 0 Å². The number of imidazole rings is 1. The van der Waals surface area contributed by atoms with Gasteiger partial charge in [0.15, 0.2) is 0 Å². The van der Waals surface area contributed by atoms with Crippen LogP contribution < -0.4 is 0 Å². The minimum absolute atomic E-state index is 0.911. The van der Waals surface area contributed by atoms with Gasteiger partial charge >= 0.3 is 0 Å². The van der Waals surface area contributed by atoms with E-state index in [1.807, 2.05) is 13.3 Å². The second-order valence-electron chi connectivity index (χ2n) is 4.46. The van der Waals surface area contributed by atoms with E-state index in [4.69, 9.17) is 0 Å². The summed E-state index contributed by atoms with van der Waals surface area (Å²) < 4.78 is 2.19. The van der Waals surface area contributed by atoms with Crippen molar-refractivity contribution < 1.29 is 0 Å². The van der Waals surface area contributed by atoms with Gasteiger partial charge in [0.2, 0.25) is 0 Å². The molecule has 0 unspecified atom stereocenters. The normalized spacial score (nSPS) is 10.8. The standard InChI is InChI=1S/C14H18N2/c1-10-5-6-14(7-11(10)2)8-16-9-15-12(3)13(16)4/h5-7,9H,8H2,1-4H3. The molecule has 2 heteroatoms. The zero-order valence-electron chi connectivity index (χ0n) is 10.4. The van der Waals surface area contributed by atoms with Crippen LogP contribution in [0.3, 0.4) is 0 Å². The number of hydrogen-bond donors (Lipinski definition) is 0. The summed E-state index contributed by atoms with van der Waals surface area (Å²) in [6.45, 7) is 9.37. The zero-order chi connectivity index (χ0) is 11.7. The maximum Gasteiger partial charge on any atom is 0.0954 e. The highest BCUT2D eigenvalue weighted by atomic mass is 15.0. The second kappa shape index (κ2) is 4.12. The largest absolute Gasteiger partial charge is 0.330 e. The molecule has 0 atom stereocenters. The topological polar surface area (TPSA) is 17.8 Å². The Morgan fingerprint density at radius 2 is 1.81 bits per heavy atom. The summed E-state index contributed by atoms with van der Waals surface area (Å²) in [6, 6.07) is 6.63. The molecule has 0 bridgehead atoms. The Bertz CT molecular complexity index is 509. The summed E-state index contributed by atoms with van der Waals surface area (Å²) in [5, 5.41) is 0. The smallest absolute Gasteiger partial charge is 0.0954 e. The number of rotatable bonds is 2. The van der Waals surface area contributed by atoms with Crippen LogP contribution in [0.4, 0.5) is 0 Å². The molecular formula is C14H18N2. The van der Waals surface area contributed by atoms with Crippen molar-refractivity contribution in [3.8, 4) is 0 Å². The summed E-state index contributed by atoms with van der Waals surface area (Å²) in [5.74, 6) is 0. The number of nitrogens with zero attached hydrogens (tertiary/aromatic N) is 2. The first-order valence-corrected chi connectivity index (χ1v) is 5.62. The molecule has 2 nitrogen and oxygen atoms in total. The molecule has 0 spiro atoms. The fourth-order valence-corrected chi connectivity index (χ4v) is 1.80. The van der Waals surface area contributed by atoms with E-state index in [0.717, 1.165) is 12.2 Å². The highest BCUT2D eigenvalue weighted by molar-refractivity contribution is 5.30. The average molecular weight is 214 g/mol. The van der Waals surface area contributed by atoms with E-state index < -0.39 is 0 Å². The van der Waals surface area contributed by atoms with Crippen LogP contribution in [0.2, 0.25) is 0 Å². The van der Waals surface area contributed by atoms with E-state index in [9.17, 15) is 0 Å². The molecule has 0 radical (unpaired) electrons. The highest BCUT2D eigenvalue weighted by Crippen LogP contribution is 2.13. The maximum absolute atomic E-state index is 4.32. The van der Waals surface area contributed by atoms with E-state index in [-0.39, 0.29) is 0 Å². The third kappa shape index (κ3) is 2.01. The van der Waals surface area contributed by atoms with Crippen LogP contribution in [0.5, 0.6) is 0 Å². The van der Waals surface area contributed by atoms with E-state index in [2.05, 4.69) is 48.5 Å². The van der Waals surface area contributed by atoms with Crippen molar-refractivity contribution in [3.05, 3.63) is 52.6 Å². The summed E-state index contributed by atoms with van der Waals surface area (Å²) in [7, 11) is 0. The fourth-order valence-electron chi connectivity index (χ4n) is 1.80. The van der Waals surface area contributed by atoms with E-state index >= 15 is 0 Å². The molecule has 0 N–H and O–H groups in total. The average Bonchev–Trinajstić information content (AvgIpc) is 2.55. The van der Waals surface area contributed by atoms with Gasteiger partial charge in [-0.15, -0.1) is 0 Å². The molecule has 0 aliphatic carbocycles. The summed E-state index contributed by atoms with van der Waals surface area (Å²) in [5.41, 5.74) is 6.40. The summed E-state index contributed by atoms with van der Waals surface area (Å²) in [6.07, 6.45) is 1.92. The van der Waals surface area contributed by atoms with Gasteiger partial charge in [-0.3, -0.25) is 0 Å². The number of benzene rings is 1. The van der Waals surface area contributed by atoms with Crippen molar-refractivity contribution in [2.24, 2.45) is 0 Å². The number of aromatic nitrogens is 2. The highest BCUT2D eigenvalue weighted by Gasteiger charge is 2.03. The van der Waals surface area contributed by atoms with Gasteiger partial charge in [-0.2, -0.15) is 0 Å².